The highest BCUT2D eigenvalue weighted by molar-refractivity contribution is 8.00. The molecule has 0 radical (unpaired) electrons. The second-order valence-electron chi connectivity index (χ2n) is 4.13. The summed E-state index contributed by atoms with van der Waals surface area (Å²) in [4.78, 5) is 20.4. The van der Waals surface area contributed by atoms with Crippen LogP contribution in [0.2, 0.25) is 5.02 Å². The number of halogens is 1. The van der Waals surface area contributed by atoms with Gasteiger partial charge in [0.1, 0.15) is 11.6 Å². The molecule has 2 rings (SSSR count). The summed E-state index contributed by atoms with van der Waals surface area (Å²) < 4.78 is 0. The van der Waals surface area contributed by atoms with Crippen LogP contribution in [0.25, 0.3) is 0 Å². The van der Waals surface area contributed by atoms with E-state index in [4.69, 9.17) is 23.1 Å². The van der Waals surface area contributed by atoms with Crippen molar-refractivity contribution in [1.29, 1.82) is 0 Å². The van der Waals surface area contributed by atoms with Crippen molar-refractivity contribution in [3.05, 3.63) is 40.9 Å². The van der Waals surface area contributed by atoms with Gasteiger partial charge in [-0.15, -0.1) is 0 Å². The van der Waals surface area contributed by atoms with E-state index < -0.39 is 0 Å². The van der Waals surface area contributed by atoms with Crippen LogP contribution < -0.4 is 11.5 Å². The molecule has 1 atom stereocenters. The highest BCUT2D eigenvalue weighted by Crippen LogP contribution is 2.24. The van der Waals surface area contributed by atoms with Gasteiger partial charge in [0.2, 0.25) is 0 Å². The number of anilines is 2. The number of aromatic nitrogens is 2. The van der Waals surface area contributed by atoms with Crippen molar-refractivity contribution < 1.29 is 4.79 Å². The summed E-state index contributed by atoms with van der Waals surface area (Å²) in [5.74, 6) is 0.506. The molecule has 0 saturated heterocycles. The van der Waals surface area contributed by atoms with E-state index in [1.807, 2.05) is 0 Å². The van der Waals surface area contributed by atoms with Gasteiger partial charge in [0.25, 0.3) is 0 Å². The van der Waals surface area contributed by atoms with Crippen LogP contribution in [0.15, 0.2) is 35.5 Å². The van der Waals surface area contributed by atoms with Crippen molar-refractivity contribution in [2.75, 3.05) is 11.5 Å². The molecule has 1 aromatic heterocycles. The first-order valence-corrected chi connectivity index (χ1v) is 7.08. The second-order valence-corrected chi connectivity index (χ2v) is 5.88. The largest absolute Gasteiger partial charge is 0.383 e. The van der Waals surface area contributed by atoms with Gasteiger partial charge in [-0.3, -0.25) is 4.79 Å². The molecule has 1 aromatic carbocycles. The van der Waals surface area contributed by atoms with E-state index in [0.717, 1.165) is 0 Å². The Bertz CT molecular complexity index is 630. The highest BCUT2D eigenvalue weighted by atomic mass is 35.5. The first-order valence-electron chi connectivity index (χ1n) is 5.82. The van der Waals surface area contributed by atoms with E-state index in [0.29, 0.717) is 15.7 Å². The van der Waals surface area contributed by atoms with Crippen LogP contribution in [-0.2, 0) is 0 Å². The van der Waals surface area contributed by atoms with Gasteiger partial charge >= 0.3 is 0 Å². The maximum Gasteiger partial charge on any atom is 0.192 e. The Hall–Kier alpha value is -1.79. The topological polar surface area (TPSA) is 94.9 Å². The van der Waals surface area contributed by atoms with Crippen molar-refractivity contribution in [1.82, 2.24) is 9.97 Å². The van der Waals surface area contributed by atoms with Crippen molar-refractivity contribution in [2.24, 2.45) is 0 Å². The van der Waals surface area contributed by atoms with Gasteiger partial charge in [0.15, 0.2) is 10.9 Å². The maximum absolute atomic E-state index is 12.3. The van der Waals surface area contributed by atoms with Gasteiger partial charge < -0.3 is 11.5 Å². The summed E-state index contributed by atoms with van der Waals surface area (Å²) in [7, 11) is 0. The Morgan fingerprint density at radius 2 is 1.90 bits per heavy atom. The van der Waals surface area contributed by atoms with Gasteiger partial charge in [-0.05, 0) is 19.1 Å². The first-order chi connectivity index (χ1) is 9.45. The van der Waals surface area contributed by atoms with Gasteiger partial charge in [0.05, 0.1) is 5.25 Å². The van der Waals surface area contributed by atoms with E-state index in [-0.39, 0.29) is 22.7 Å². The van der Waals surface area contributed by atoms with Crippen molar-refractivity contribution in [2.45, 2.75) is 17.3 Å². The monoisotopic (exact) mass is 308 g/mol. The fraction of sp³-hybridized carbons (Fsp3) is 0.154. The number of hydrogen-bond acceptors (Lipinski definition) is 6. The van der Waals surface area contributed by atoms with Crippen LogP contribution in [0.3, 0.4) is 0 Å². The third kappa shape index (κ3) is 3.61. The molecule has 104 valence electrons. The SMILES string of the molecule is CC(Sc1nc(N)cc(N)n1)C(=O)c1cccc(Cl)c1. The lowest BCUT2D eigenvalue weighted by Crippen LogP contribution is -2.14. The number of rotatable bonds is 4. The molecule has 0 amide bonds. The fourth-order valence-corrected chi connectivity index (χ4v) is 2.67. The minimum Gasteiger partial charge on any atom is -0.383 e. The third-order valence-electron chi connectivity index (χ3n) is 2.51. The number of thioether (sulfide) groups is 1. The van der Waals surface area contributed by atoms with E-state index in [1.54, 1.807) is 31.2 Å². The van der Waals surface area contributed by atoms with Crippen LogP contribution >= 0.6 is 23.4 Å². The van der Waals surface area contributed by atoms with E-state index in [2.05, 4.69) is 9.97 Å². The number of carbonyl (C=O) groups is 1. The lowest BCUT2D eigenvalue weighted by atomic mass is 10.1. The average molecular weight is 309 g/mol. The van der Waals surface area contributed by atoms with Gasteiger partial charge in [0, 0.05) is 16.7 Å². The number of nitrogens with zero attached hydrogens (tertiary/aromatic N) is 2. The second kappa shape index (κ2) is 6.11. The molecule has 7 heteroatoms. The average Bonchev–Trinajstić information content (AvgIpc) is 2.36. The zero-order valence-corrected chi connectivity index (χ0v) is 12.3. The molecule has 0 aliphatic rings. The summed E-state index contributed by atoms with van der Waals surface area (Å²) in [5, 5.41) is 0.539. The fourth-order valence-electron chi connectivity index (χ4n) is 1.60. The Kier molecular flexibility index (Phi) is 4.46. The lowest BCUT2D eigenvalue weighted by Gasteiger charge is -2.10. The summed E-state index contributed by atoms with van der Waals surface area (Å²) in [6.07, 6.45) is 0. The zero-order valence-electron chi connectivity index (χ0n) is 10.7. The molecule has 0 spiro atoms. The molecular weight excluding hydrogens is 296 g/mol. The summed E-state index contributed by atoms with van der Waals surface area (Å²) in [6.45, 7) is 1.77. The maximum atomic E-state index is 12.3. The number of nitrogens with two attached hydrogens (primary N) is 2. The molecule has 0 bridgehead atoms. The summed E-state index contributed by atoms with van der Waals surface area (Å²) in [5.41, 5.74) is 11.7. The Morgan fingerprint density at radius 3 is 2.50 bits per heavy atom. The molecule has 1 heterocycles. The van der Waals surface area contributed by atoms with Crippen molar-refractivity contribution >= 4 is 40.8 Å². The number of Topliss-reactive ketones (excluding diaryl/α,β-unsaturated/α-hetero) is 1. The molecule has 2 aromatic rings. The summed E-state index contributed by atoms with van der Waals surface area (Å²) in [6, 6.07) is 8.28. The third-order valence-corrected chi connectivity index (χ3v) is 3.70. The molecule has 20 heavy (non-hydrogen) atoms. The minimum atomic E-state index is -0.366. The number of nitrogen functional groups attached to an aromatic ring is 2. The van der Waals surface area contributed by atoms with Crippen molar-refractivity contribution in [3.63, 3.8) is 0 Å². The predicted molar refractivity (Wildman–Crippen MR) is 82.0 cm³/mol. The molecule has 1 unspecified atom stereocenters. The lowest BCUT2D eigenvalue weighted by molar-refractivity contribution is 0.0994. The quantitative estimate of drug-likeness (QED) is 0.512. The standard InChI is InChI=1S/C13H13ClN4OS/c1-7(12(19)8-3-2-4-9(14)5-8)20-13-17-10(15)6-11(16)18-13/h2-7H,1H3,(H4,15,16,17,18). The predicted octanol–water partition coefficient (Wildman–Crippen LogP) is 2.66. The number of hydrogen-bond donors (Lipinski definition) is 2. The van der Waals surface area contributed by atoms with Gasteiger partial charge in [-0.1, -0.05) is 35.5 Å². The minimum absolute atomic E-state index is 0.0536. The number of carbonyl (C=O) groups excluding carboxylic acids is 1. The molecule has 0 saturated carbocycles. The van der Waals surface area contributed by atoms with E-state index in [9.17, 15) is 4.79 Å². The zero-order chi connectivity index (χ0) is 14.7. The first kappa shape index (κ1) is 14.6. The van der Waals surface area contributed by atoms with Crippen molar-refractivity contribution in [3.8, 4) is 0 Å². The van der Waals surface area contributed by atoms with Crippen LogP contribution in [0.4, 0.5) is 11.6 Å². The Labute approximate surface area is 125 Å². The Morgan fingerprint density at radius 1 is 1.25 bits per heavy atom. The van der Waals surface area contributed by atoms with Crippen LogP contribution in [-0.4, -0.2) is 21.0 Å². The number of benzene rings is 1. The van der Waals surface area contributed by atoms with Gasteiger partial charge in [-0.2, -0.15) is 0 Å². The summed E-state index contributed by atoms with van der Waals surface area (Å²) >= 11 is 7.08. The molecule has 0 aliphatic carbocycles. The van der Waals surface area contributed by atoms with Crippen LogP contribution in [0.5, 0.6) is 0 Å². The molecule has 0 aliphatic heterocycles. The molecule has 4 N–H and O–H groups in total. The van der Waals surface area contributed by atoms with E-state index >= 15 is 0 Å². The highest BCUT2D eigenvalue weighted by Gasteiger charge is 2.18. The van der Waals surface area contributed by atoms with Crippen LogP contribution in [0.1, 0.15) is 17.3 Å². The Balaban J connectivity index is 2.15. The van der Waals surface area contributed by atoms with Crippen LogP contribution in [0, 0.1) is 0 Å². The van der Waals surface area contributed by atoms with E-state index in [1.165, 1.54) is 17.8 Å². The molecule has 5 nitrogen and oxygen atoms in total. The molecule has 0 fully saturated rings. The smallest absolute Gasteiger partial charge is 0.192 e. The van der Waals surface area contributed by atoms with Gasteiger partial charge in [-0.25, -0.2) is 9.97 Å². The number of ketones is 1. The molecular formula is C13H13ClN4OS. The normalized spacial score (nSPS) is 12.1.